The zero-order valence-electron chi connectivity index (χ0n) is 9.64. The van der Waals surface area contributed by atoms with Crippen LogP contribution in [0.15, 0.2) is 12.5 Å². The molecule has 0 aliphatic rings. The van der Waals surface area contributed by atoms with Crippen molar-refractivity contribution in [2.45, 2.75) is 19.6 Å². The third-order valence-electron chi connectivity index (χ3n) is 2.21. The summed E-state index contributed by atoms with van der Waals surface area (Å²) in [6.07, 6.45) is 3.27. The molecule has 1 aromatic rings. The standard InChI is InChI=1S/C10H18N4O2/c1-8(16-2)5-12-10(15)9-6-14(4-3-11)7-13-9/h6-8H,3-5,11H2,1-2H3,(H,12,15). The van der Waals surface area contributed by atoms with Crippen molar-refractivity contribution in [3.05, 3.63) is 18.2 Å². The maximum atomic E-state index is 11.6. The van der Waals surface area contributed by atoms with Crippen LogP contribution < -0.4 is 11.1 Å². The average molecular weight is 226 g/mol. The van der Waals surface area contributed by atoms with Gasteiger partial charge in [0.25, 0.3) is 5.91 Å². The molecule has 0 saturated heterocycles. The Labute approximate surface area is 94.8 Å². The Morgan fingerprint density at radius 1 is 1.75 bits per heavy atom. The molecule has 6 nitrogen and oxygen atoms in total. The number of amides is 1. The molecular weight excluding hydrogens is 208 g/mol. The lowest BCUT2D eigenvalue weighted by Gasteiger charge is -2.09. The first-order chi connectivity index (χ1) is 7.67. The molecule has 0 aliphatic carbocycles. The molecule has 1 atom stereocenters. The smallest absolute Gasteiger partial charge is 0.271 e. The van der Waals surface area contributed by atoms with Gasteiger partial charge in [-0.1, -0.05) is 0 Å². The molecule has 6 heteroatoms. The third kappa shape index (κ3) is 3.63. The highest BCUT2D eigenvalue weighted by molar-refractivity contribution is 5.91. The lowest BCUT2D eigenvalue weighted by atomic mass is 10.3. The Kier molecular flexibility index (Phi) is 4.94. The molecule has 3 N–H and O–H groups in total. The summed E-state index contributed by atoms with van der Waals surface area (Å²) >= 11 is 0. The van der Waals surface area contributed by atoms with Crippen molar-refractivity contribution in [2.75, 3.05) is 20.2 Å². The van der Waals surface area contributed by atoms with E-state index >= 15 is 0 Å². The first-order valence-electron chi connectivity index (χ1n) is 5.20. The highest BCUT2D eigenvalue weighted by atomic mass is 16.5. The Hall–Kier alpha value is -1.40. The number of nitrogens with two attached hydrogens (primary N) is 1. The molecule has 1 rings (SSSR count). The van der Waals surface area contributed by atoms with Crippen LogP contribution >= 0.6 is 0 Å². The summed E-state index contributed by atoms with van der Waals surface area (Å²) in [5, 5.41) is 2.73. The van der Waals surface area contributed by atoms with Gasteiger partial charge in [-0.2, -0.15) is 0 Å². The summed E-state index contributed by atoms with van der Waals surface area (Å²) in [6, 6.07) is 0. The lowest BCUT2D eigenvalue weighted by Crippen LogP contribution is -2.31. The van der Waals surface area contributed by atoms with Crippen molar-refractivity contribution in [3.63, 3.8) is 0 Å². The van der Waals surface area contributed by atoms with Crippen LogP contribution in [0, 0.1) is 0 Å². The summed E-state index contributed by atoms with van der Waals surface area (Å²) in [7, 11) is 1.60. The van der Waals surface area contributed by atoms with E-state index in [4.69, 9.17) is 10.5 Å². The molecule has 0 spiro atoms. The number of rotatable bonds is 6. The van der Waals surface area contributed by atoms with Crippen molar-refractivity contribution in [2.24, 2.45) is 5.73 Å². The van der Waals surface area contributed by atoms with Gasteiger partial charge in [-0.25, -0.2) is 4.98 Å². The molecule has 16 heavy (non-hydrogen) atoms. The third-order valence-corrected chi connectivity index (χ3v) is 2.21. The van der Waals surface area contributed by atoms with Gasteiger partial charge in [0.2, 0.25) is 0 Å². The molecule has 1 unspecified atom stereocenters. The number of hydrogen-bond donors (Lipinski definition) is 2. The van der Waals surface area contributed by atoms with Gasteiger partial charge in [0.05, 0.1) is 12.4 Å². The van der Waals surface area contributed by atoms with Crippen LogP contribution in [0.2, 0.25) is 0 Å². The molecule has 1 aromatic heterocycles. The number of imidazole rings is 1. The minimum absolute atomic E-state index is 0.00456. The molecule has 0 aliphatic heterocycles. The van der Waals surface area contributed by atoms with Gasteiger partial charge >= 0.3 is 0 Å². The molecular formula is C10H18N4O2. The molecule has 0 bridgehead atoms. The minimum atomic E-state index is -0.195. The molecule has 90 valence electrons. The summed E-state index contributed by atoms with van der Waals surface area (Å²) in [6.45, 7) is 3.54. The fraction of sp³-hybridized carbons (Fsp3) is 0.600. The fourth-order valence-electron chi connectivity index (χ4n) is 1.16. The van der Waals surface area contributed by atoms with E-state index in [2.05, 4.69) is 10.3 Å². The van der Waals surface area contributed by atoms with Crippen LogP contribution in [0.5, 0.6) is 0 Å². The van der Waals surface area contributed by atoms with E-state index in [1.807, 2.05) is 6.92 Å². The van der Waals surface area contributed by atoms with Crippen molar-refractivity contribution < 1.29 is 9.53 Å². The van der Waals surface area contributed by atoms with Gasteiger partial charge < -0.3 is 20.4 Å². The van der Waals surface area contributed by atoms with Crippen LogP contribution in [-0.4, -0.2) is 41.8 Å². The van der Waals surface area contributed by atoms with Crippen LogP contribution in [0.4, 0.5) is 0 Å². The van der Waals surface area contributed by atoms with Gasteiger partial charge in [-0.3, -0.25) is 4.79 Å². The molecule has 0 radical (unpaired) electrons. The van der Waals surface area contributed by atoms with E-state index in [-0.39, 0.29) is 12.0 Å². The number of carbonyl (C=O) groups is 1. The quantitative estimate of drug-likeness (QED) is 0.692. The number of ether oxygens (including phenoxy) is 1. The van der Waals surface area contributed by atoms with Crippen LogP contribution in [0.1, 0.15) is 17.4 Å². The van der Waals surface area contributed by atoms with Gasteiger partial charge in [0.1, 0.15) is 5.69 Å². The maximum Gasteiger partial charge on any atom is 0.271 e. The largest absolute Gasteiger partial charge is 0.380 e. The molecule has 0 aromatic carbocycles. The van der Waals surface area contributed by atoms with Gasteiger partial charge in [0.15, 0.2) is 0 Å². The number of hydrogen-bond acceptors (Lipinski definition) is 4. The van der Waals surface area contributed by atoms with E-state index in [1.165, 1.54) is 0 Å². The zero-order valence-corrected chi connectivity index (χ0v) is 9.64. The summed E-state index contributed by atoms with van der Waals surface area (Å²) in [4.78, 5) is 15.6. The normalized spacial score (nSPS) is 12.4. The van der Waals surface area contributed by atoms with Crippen molar-refractivity contribution in [1.82, 2.24) is 14.9 Å². The first kappa shape index (κ1) is 12.7. The Bertz CT molecular complexity index is 337. The highest BCUT2D eigenvalue weighted by Gasteiger charge is 2.09. The number of methoxy groups -OCH3 is 1. The second-order valence-corrected chi connectivity index (χ2v) is 3.54. The number of aromatic nitrogens is 2. The van der Waals surface area contributed by atoms with E-state index in [0.717, 1.165) is 0 Å². The van der Waals surface area contributed by atoms with Crippen molar-refractivity contribution in [1.29, 1.82) is 0 Å². The number of nitrogens with zero attached hydrogens (tertiary/aromatic N) is 2. The van der Waals surface area contributed by atoms with E-state index in [9.17, 15) is 4.79 Å². The van der Waals surface area contributed by atoms with Crippen molar-refractivity contribution >= 4 is 5.91 Å². The predicted octanol–water partition coefficient (Wildman–Crippen LogP) is -0.393. The van der Waals surface area contributed by atoms with Crippen LogP contribution in [-0.2, 0) is 11.3 Å². The highest BCUT2D eigenvalue weighted by Crippen LogP contribution is 1.96. The van der Waals surface area contributed by atoms with E-state index in [0.29, 0.717) is 25.3 Å². The summed E-state index contributed by atoms with van der Waals surface area (Å²) in [5.74, 6) is -0.195. The monoisotopic (exact) mass is 226 g/mol. The maximum absolute atomic E-state index is 11.6. The number of carbonyl (C=O) groups excluding carboxylic acids is 1. The zero-order chi connectivity index (χ0) is 12.0. The predicted molar refractivity (Wildman–Crippen MR) is 60.1 cm³/mol. The first-order valence-corrected chi connectivity index (χ1v) is 5.20. The van der Waals surface area contributed by atoms with E-state index in [1.54, 1.807) is 24.2 Å². The average Bonchev–Trinajstić information content (AvgIpc) is 2.74. The molecule has 1 heterocycles. The van der Waals surface area contributed by atoms with Gasteiger partial charge in [0, 0.05) is 32.9 Å². The Morgan fingerprint density at radius 3 is 3.12 bits per heavy atom. The van der Waals surface area contributed by atoms with Gasteiger partial charge in [-0.15, -0.1) is 0 Å². The van der Waals surface area contributed by atoms with Gasteiger partial charge in [-0.05, 0) is 6.92 Å². The van der Waals surface area contributed by atoms with Crippen molar-refractivity contribution in [3.8, 4) is 0 Å². The van der Waals surface area contributed by atoms with Crippen LogP contribution in [0.3, 0.4) is 0 Å². The summed E-state index contributed by atoms with van der Waals surface area (Å²) in [5.41, 5.74) is 5.80. The Morgan fingerprint density at radius 2 is 2.50 bits per heavy atom. The molecule has 0 fully saturated rings. The molecule has 1 amide bonds. The van der Waals surface area contributed by atoms with E-state index < -0.39 is 0 Å². The fourth-order valence-corrected chi connectivity index (χ4v) is 1.16. The summed E-state index contributed by atoms with van der Waals surface area (Å²) < 4.78 is 6.81. The number of nitrogens with one attached hydrogen (secondary N) is 1. The van der Waals surface area contributed by atoms with Crippen LogP contribution in [0.25, 0.3) is 0 Å². The molecule has 0 saturated carbocycles. The Balaban J connectivity index is 2.46. The minimum Gasteiger partial charge on any atom is -0.380 e. The topological polar surface area (TPSA) is 82.2 Å². The second kappa shape index (κ2) is 6.24. The lowest BCUT2D eigenvalue weighted by molar-refractivity contribution is 0.0866. The second-order valence-electron chi connectivity index (χ2n) is 3.54. The SMILES string of the molecule is COC(C)CNC(=O)c1cn(CCN)cn1.